The average molecular weight is 192 g/mol. The van der Waals surface area contributed by atoms with Gasteiger partial charge < -0.3 is 0 Å². The van der Waals surface area contributed by atoms with Gasteiger partial charge in [0.15, 0.2) is 5.83 Å². The van der Waals surface area contributed by atoms with Crippen LogP contribution in [0.15, 0.2) is 23.3 Å². The van der Waals surface area contributed by atoms with Gasteiger partial charge in [0.25, 0.3) is 0 Å². The molecule has 0 aromatic heterocycles. The zero-order valence-electron chi connectivity index (χ0n) is 6.19. The van der Waals surface area contributed by atoms with Gasteiger partial charge in [-0.25, -0.2) is 17.6 Å². The number of allylic oxidation sites excluding steroid dienone is 2. The normalized spacial score (nSPS) is 34.2. The van der Waals surface area contributed by atoms with E-state index in [1.807, 2.05) is 0 Å². The van der Waals surface area contributed by atoms with Gasteiger partial charge >= 0.3 is 0 Å². The van der Waals surface area contributed by atoms with Gasteiger partial charge in [0, 0.05) is 6.08 Å². The summed E-state index contributed by atoms with van der Waals surface area (Å²) < 4.78 is 50.7. The van der Waals surface area contributed by atoms with Crippen molar-refractivity contribution in [2.24, 2.45) is 5.73 Å². The SMILES string of the molecule is N#CC1=C(F)C(F)C(N)(F)C=C1F. The number of nitrogens with two attached hydrogens (primary N) is 1. The minimum absolute atomic E-state index is 0.0410. The number of alkyl halides is 2. The lowest BCUT2D eigenvalue weighted by Crippen LogP contribution is -2.45. The average Bonchev–Trinajstić information content (AvgIpc) is 2.01. The summed E-state index contributed by atoms with van der Waals surface area (Å²) in [5, 5.41) is 8.16. The monoisotopic (exact) mass is 192 g/mol. The maximum atomic E-state index is 12.8. The molecule has 1 aliphatic carbocycles. The van der Waals surface area contributed by atoms with E-state index in [4.69, 9.17) is 5.26 Å². The van der Waals surface area contributed by atoms with Crippen LogP contribution in [0.4, 0.5) is 17.6 Å². The lowest BCUT2D eigenvalue weighted by molar-refractivity contribution is 0.102. The van der Waals surface area contributed by atoms with E-state index in [0.717, 1.165) is 6.07 Å². The Bertz CT molecular complexity index is 337. The largest absolute Gasteiger partial charge is 0.293 e. The highest BCUT2D eigenvalue weighted by atomic mass is 19.2. The fourth-order valence-corrected chi connectivity index (χ4v) is 0.881. The van der Waals surface area contributed by atoms with Gasteiger partial charge in [0.2, 0.25) is 12.0 Å². The minimum atomic E-state index is -3.23. The molecule has 0 amide bonds. The van der Waals surface area contributed by atoms with Crippen LogP contribution in [0.1, 0.15) is 0 Å². The Kier molecular flexibility index (Phi) is 2.14. The van der Waals surface area contributed by atoms with Crippen molar-refractivity contribution in [3.63, 3.8) is 0 Å². The molecule has 70 valence electrons. The Labute approximate surface area is 70.9 Å². The quantitative estimate of drug-likeness (QED) is 0.467. The zero-order valence-corrected chi connectivity index (χ0v) is 6.19. The molecule has 0 saturated heterocycles. The molecule has 1 rings (SSSR count). The summed E-state index contributed by atoms with van der Waals surface area (Å²) >= 11 is 0. The molecular formula is C7H4F4N2. The van der Waals surface area contributed by atoms with Crippen molar-refractivity contribution in [1.29, 1.82) is 5.26 Å². The highest BCUT2D eigenvalue weighted by Gasteiger charge is 2.43. The van der Waals surface area contributed by atoms with Crippen LogP contribution in [-0.2, 0) is 0 Å². The number of nitrogens with zero attached hydrogens (tertiary/aromatic N) is 1. The molecule has 1 aliphatic rings. The van der Waals surface area contributed by atoms with Crippen molar-refractivity contribution in [2.75, 3.05) is 0 Å². The van der Waals surface area contributed by atoms with E-state index in [1.165, 1.54) is 0 Å². The van der Waals surface area contributed by atoms with Crippen molar-refractivity contribution >= 4 is 0 Å². The molecule has 0 aromatic rings. The van der Waals surface area contributed by atoms with Crippen LogP contribution in [0, 0.1) is 11.3 Å². The Balaban J connectivity index is 3.25. The molecule has 2 atom stereocenters. The molecule has 0 saturated carbocycles. The van der Waals surface area contributed by atoms with Crippen LogP contribution in [0.2, 0.25) is 0 Å². The topological polar surface area (TPSA) is 49.8 Å². The van der Waals surface area contributed by atoms with Gasteiger partial charge in [-0.1, -0.05) is 0 Å². The molecule has 0 bridgehead atoms. The van der Waals surface area contributed by atoms with Crippen LogP contribution in [-0.4, -0.2) is 12.0 Å². The van der Waals surface area contributed by atoms with Crippen LogP contribution < -0.4 is 5.73 Å². The van der Waals surface area contributed by atoms with Crippen molar-refractivity contribution in [2.45, 2.75) is 12.0 Å². The smallest absolute Gasteiger partial charge is 0.219 e. The predicted octanol–water partition coefficient (Wildman–Crippen LogP) is 1.56. The van der Waals surface area contributed by atoms with Gasteiger partial charge in [-0.05, 0) is 0 Å². The highest BCUT2D eigenvalue weighted by Crippen LogP contribution is 2.34. The van der Waals surface area contributed by atoms with E-state index >= 15 is 0 Å². The lowest BCUT2D eigenvalue weighted by atomic mass is 9.98. The van der Waals surface area contributed by atoms with Crippen LogP contribution in [0.3, 0.4) is 0 Å². The van der Waals surface area contributed by atoms with Gasteiger partial charge in [0.1, 0.15) is 17.5 Å². The van der Waals surface area contributed by atoms with E-state index in [-0.39, 0.29) is 6.08 Å². The van der Waals surface area contributed by atoms with Crippen molar-refractivity contribution in [3.05, 3.63) is 23.3 Å². The molecule has 0 spiro atoms. The molecule has 2 N–H and O–H groups in total. The van der Waals surface area contributed by atoms with Gasteiger partial charge in [0.05, 0.1) is 0 Å². The third-order valence-electron chi connectivity index (χ3n) is 1.55. The molecular weight excluding hydrogens is 188 g/mol. The van der Waals surface area contributed by atoms with E-state index in [9.17, 15) is 17.6 Å². The molecule has 6 heteroatoms. The number of hydrogen-bond donors (Lipinski definition) is 1. The summed E-state index contributed by atoms with van der Waals surface area (Å²) in [6, 6.07) is 1.07. The lowest BCUT2D eigenvalue weighted by Gasteiger charge is -2.23. The van der Waals surface area contributed by atoms with E-state index in [1.54, 1.807) is 0 Å². The Morgan fingerprint density at radius 2 is 2.08 bits per heavy atom. The fraction of sp³-hybridized carbons (Fsp3) is 0.286. The first kappa shape index (κ1) is 9.74. The standard InChI is InChI=1S/C7H4F4N2/c8-4-1-7(11,13)6(10)5(9)3(4)2-12/h1,6H,13H2. The highest BCUT2D eigenvalue weighted by molar-refractivity contribution is 5.46. The minimum Gasteiger partial charge on any atom is -0.293 e. The summed E-state index contributed by atoms with van der Waals surface area (Å²) in [5.41, 5.74) is 3.43. The molecule has 13 heavy (non-hydrogen) atoms. The molecule has 0 radical (unpaired) electrons. The van der Waals surface area contributed by atoms with Crippen LogP contribution >= 0.6 is 0 Å². The number of rotatable bonds is 0. The van der Waals surface area contributed by atoms with E-state index in [2.05, 4.69) is 5.73 Å². The first-order valence-corrected chi connectivity index (χ1v) is 3.20. The second-order valence-corrected chi connectivity index (χ2v) is 2.52. The molecule has 0 aliphatic heterocycles. The van der Waals surface area contributed by atoms with Crippen LogP contribution in [0.25, 0.3) is 0 Å². The van der Waals surface area contributed by atoms with E-state index in [0.29, 0.717) is 0 Å². The Morgan fingerprint density at radius 3 is 2.54 bits per heavy atom. The van der Waals surface area contributed by atoms with E-state index < -0.39 is 29.2 Å². The third-order valence-corrected chi connectivity index (χ3v) is 1.55. The molecule has 0 heterocycles. The summed E-state index contributed by atoms with van der Waals surface area (Å²) in [6.07, 6.45) is -2.79. The second kappa shape index (κ2) is 2.85. The van der Waals surface area contributed by atoms with Gasteiger partial charge in [-0.15, -0.1) is 0 Å². The Hall–Kier alpha value is -1.35. The first-order chi connectivity index (χ1) is 5.90. The predicted molar refractivity (Wildman–Crippen MR) is 35.9 cm³/mol. The zero-order chi connectivity index (χ0) is 10.2. The molecule has 0 fully saturated rings. The molecule has 2 nitrogen and oxygen atoms in total. The maximum Gasteiger partial charge on any atom is 0.219 e. The number of hydrogen-bond acceptors (Lipinski definition) is 2. The first-order valence-electron chi connectivity index (χ1n) is 3.20. The van der Waals surface area contributed by atoms with Crippen LogP contribution in [0.5, 0.6) is 0 Å². The number of halogens is 4. The van der Waals surface area contributed by atoms with Crippen molar-refractivity contribution in [3.8, 4) is 6.07 Å². The Morgan fingerprint density at radius 1 is 1.54 bits per heavy atom. The van der Waals surface area contributed by atoms with Gasteiger partial charge in [-0.3, -0.25) is 5.73 Å². The van der Waals surface area contributed by atoms with Crippen molar-refractivity contribution < 1.29 is 17.6 Å². The number of nitriles is 1. The molecule has 0 aromatic carbocycles. The third kappa shape index (κ3) is 1.42. The summed E-state index contributed by atoms with van der Waals surface area (Å²) in [4.78, 5) is 0. The second-order valence-electron chi connectivity index (χ2n) is 2.52. The van der Waals surface area contributed by atoms with Crippen molar-refractivity contribution in [1.82, 2.24) is 0 Å². The maximum absolute atomic E-state index is 12.8. The summed E-state index contributed by atoms with van der Waals surface area (Å²) in [7, 11) is 0. The molecule has 2 unspecified atom stereocenters. The van der Waals surface area contributed by atoms with Gasteiger partial charge in [-0.2, -0.15) is 5.26 Å². The summed E-state index contributed by atoms with van der Waals surface area (Å²) in [6.45, 7) is 0. The fourth-order valence-electron chi connectivity index (χ4n) is 0.881. The summed E-state index contributed by atoms with van der Waals surface area (Å²) in [5.74, 6) is -6.53.